The lowest BCUT2D eigenvalue weighted by molar-refractivity contribution is -0.141. The molecule has 3 heterocycles. The fraction of sp³-hybridized carbons (Fsp3) is 0.750. The zero-order valence-electron chi connectivity index (χ0n) is 13.8. The summed E-state index contributed by atoms with van der Waals surface area (Å²) in [4.78, 5) is 16.1. The Labute approximate surface area is 131 Å². The molecule has 0 aromatic carbocycles. The molecular weight excluding hydrogens is 282 g/mol. The molecule has 2 fully saturated rings. The average Bonchev–Trinajstić information content (AvgIpc) is 3.04. The van der Waals surface area contributed by atoms with Crippen LogP contribution in [0.2, 0.25) is 0 Å². The van der Waals surface area contributed by atoms with E-state index in [9.17, 15) is 4.79 Å². The molecule has 0 aliphatic carbocycles. The Morgan fingerprint density at radius 2 is 2.18 bits per heavy atom. The molecule has 22 heavy (non-hydrogen) atoms. The summed E-state index contributed by atoms with van der Waals surface area (Å²) in [6.07, 6.45) is 1.86. The van der Waals surface area contributed by atoms with Gasteiger partial charge < -0.3 is 14.2 Å². The number of fused-ring (bicyclic) bond motifs is 1. The number of likely N-dealkylation sites (N-methyl/N-ethyl adjacent to an activating group) is 1. The number of rotatable bonds is 3. The van der Waals surface area contributed by atoms with E-state index in [1.807, 2.05) is 13.8 Å². The van der Waals surface area contributed by atoms with Gasteiger partial charge in [-0.25, -0.2) is 0 Å². The second-order valence-corrected chi connectivity index (χ2v) is 6.72. The van der Waals surface area contributed by atoms with Crippen molar-refractivity contribution in [3.8, 4) is 0 Å². The molecule has 1 amide bonds. The molecule has 0 radical (unpaired) electrons. The Bertz CT molecular complexity index is 535. The molecule has 2 aliphatic rings. The molecule has 2 saturated heterocycles. The first kappa shape index (κ1) is 15.5. The van der Waals surface area contributed by atoms with Gasteiger partial charge in [-0.05, 0) is 39.2 Å². The lowest BCUT2D eigenvalue weighted by atomic mass is 9.91. The number of likely N-dealkylation sites (tertiary alicyclic amines) is 1. The molecule has 0 spiro atoms. The van der Waals surface area contributed by atoms with Crippen molar-refractivity contribution in [1.82, 2.24) is 15.0 Å². The van der Waals surface area contributed by atoms with Crippen molar-refractivity contribution >= 4 is 5.91 Å². The van der Waals surface area contributed by atoms with Crippen molar-refractivity contribution in [1.29, 1.82) is 0 Å². The molecule has 2 aliphatic heterocycles. The van der Waals surface area contributed by atoms with E-state index in [0.717, 1.165) is 43.9 Å². The van der Waals surface area contributed by atoms with Gasteiger partial charge in [0.25, 0.3) is 5.91 Å². The SMILES string of the molecule is Cc1noc(C)c1CN1CC[C@@H]2C[C@@H](C(=O)N(C)C)O[C@H]2C1. The highest BCUT2D eigenvalue weighted by Gasteiger charge is 2.42. The quantitative estimate of drug-likeness (QED) is 0.844. The summed E-state index contributed by atoms with van der Waals surface area (Å²) in [5.41, 5.74) is 2.14. The van der Waals surface area contributed by atoms with Crippen LogP contribution in [0.15, 0.2) is 4.52 Å². The standard InChI is InChI=1S/C16H25N3O3/c1-10-13(11(2)22-17-10)8-19-6-5-12-7-14(16(20)18(3)4)21-15(12)9-19/h12,14-15H,5-9H2,1-4H3/t12-,14+,15+/m1/s1. The van der Waals surface area contributed by atoms with Crippen molar-refractivity contribution in [2.75, 3.05) is 27.2 Å². The molecule has 0 bridgehead atoms. The highest BCUT2D eigenvalue weighted by Crippen LogP contribution is 2.34. The van der Waals surface area contributed by atoms with Crippen LogP contribution in [0.4, 0.5) is 0 Å². The summed E-state index contributed by atoms with van der Waals surface area (Å²) in [6, 6.07) is 0. The Morgan fingerprint density at radius 1 is 1.41 bits per heavy atom. The number of carbonyl (C=O) groups is 1. The normalized spacial score (nSPS) is 28.6. The maximum Gasteiger partial charge on any atom is 0.251 e. The predicted octanol–water partition coefficient (Wildman–Crippen LogP) is 1.36. The third-order valence-corrected chi connectivity index (χ3v) is 4.92. The van der Waals surface area contributed by atoms with Crippen LogP contribution in [0.25, 0.3) is 0 Å². The average molecular weight is 307 g/mol. The molecule has 1 aromatic rings. The zero-order chi connectivity index (χ0) is 15.9. The third-order valence-electron chi connectivity index (χ3n) is 4.92. The van der Waals surface area contributed by atoms with Gasteiger partial charge in [0.1, 0.15) is 11.9 Å². The van der Waals surface area contributed by atoms with E-state index in [4.69, 9.17) is 9.26 Å². The predicted molar refractivity (Wildman–Crippen MR) is 81.3 cm³/mol. The fourth-order valence-electron chi connectivity index (χ4n) is 3.54. The Kier molecular flexibility index (Phi) is 4.23. The monoisotopic (exact) mass is 307 g/mol. The van der Waals surface area contributed by atoms with Crippen molar-refractivity contribution in [2.45, 2.75) is 45.4 Å². The van der Waals surface area contributed by atoms with Gasteiger partial charge in [0.2, 0.25) is 0 Å². The van der Waals surface area contributed by atoms with Crippen LogP contribution in [-0.2, 0) is 16.1 Å². The number of piperidine rings is 1. The molecule has 122 valence electrons. The van der Waals surface area contributed by atoms with Gasteiger partial charge in [-0.3, -0.25) is 9.69 Å². The van der Waals surface area contributed by atoms with Crippen LogP contribution < -0.4 is 0 Å². The minimum absolute atomic E-state index is 0.0895. The van der Waals surface area contributed by atoms with Gasteiger partial charge >= 0.3 is 0 Å². The summed E-state index contributed by atoms with van der Waals surface area (Å²) in [7, 11) is 3.58. The topological polar surface area (TPSA) is 58.8 Å². The van der Waals surface area contributed by atoms with Crippen LogP contribution in [0.1, 0.15) is 29.9 Å². The van der Waals surface area contributed by atoms with Crippen LogP contribution in [-0.4, -0.2) is 60.3 Å². The second kappa shape index (κ2) is 6.01. The van der Waals surface area contributed by atoms with E-state index in [0.29, 0.717) is 5.92 Å². The van der Waals surface area contributed by atoms with Gasteiger partial charge in [-0.2, -0.15) is 0 Å². The van der Waals surface area contributed by atoms with E-state index < -0.39 is 0 Å². The van der Waals surface area contributed by atoms with Crippen molar-refractivity contribution < 1.29 is 14.1 Å². The van der Waals surface area contributed by atoms with Crippen LogP contribution in [0, 0.1) is 19.8 Å². The Morgan fingerprint density at radius 3 is 2.82 bits per heavy atom. The van der Waals surface area contributed by atoms with Gasteiger partial charge in [0.15, 0.2) is 0 Å². The zero-order valence-corrected chi connectivity index (χ0v) is 13.8. The van der Waals surface area contributed by atoms with E-state index in [1.165, 1.54) is 5.56 Å². The number of nitrogens with zero attached hydrogens (tertiary/aromatic N) is 3. The molecule has 3 atom stereocenters. The van der Waals surface area contributed by atoms with E-state index >= 15 is 0 Å². The number of aromatic nitrogens is 1. The molecule has 3 rings (SSSR count). The lowest BCUT2D eigenvalue weighted by Crippen LogP contribution is -2.42. The van der Waals surface area contributed by atoms with Gasteiger partial charge in [-0.1, -0.05) is 5.16 Å². The largest absolute Gasteiger partial charge is 0.364 e. The molecule has 0 unspecified atom stereocenters. The Balaban J connectivity index is 1.61. The molecule has 6 nitrogen and oxygen atoms in total. The number of ether oxygens (including phenoxy) is 1. The number of carbonyl (C=O) groups excluding carboxylic acids is 1. The minimum atomic E-state index is -0.260. The van der Waals surface area contributed by atoms with Crippen molar-refractivity contribution in [3.63, 3.8) is 0 Å². The third kappa shape index (κ3) is 2.90. The number of aryl methyl sites for hydroxylation is 2. The summed E-state index contributed by atoms with van der Waals surface area (Å²) < 4.78 is 11.3. The summed E-state index contributed by atoms with van der Waals surface area (Å²) in [5.74, 6) is 1.49. The van der Waals surface area contributed by atoms with E-state index in [2.05, 4.69) is 10.1 Å². The van der Waals surface area contributed by atoms with Gasteiger partial charge in [0, 0.05) is 32.7 Å². The number of hydrogen-bond acceptors (Lipinski definition) is 5. The maximum absolute atomic E-state index is 12.1. The van der Waals surface area contributed by atoms with Gasteiger partial charge in [-0.15, -0.1) is 0 Å². The summed E-state index contributed by atoms with van der Waals surface area (Å²) in [6.45, 7) is 6.71. The maximum atomic E-state index is 12.1. The van der Waals surface area contributed by atoms with Gasteiger partial charge in [0.05, 0.1) is 11.8 Å². The highest BCUT2D eigenvalue weighted by atomic mass is 16.5. The highest BCUT2D eigenvalue weighted by molar-refractivity contribution is 5.80. The second-order valence-electron chi connectivity index (χ2n) is 6.72. The lowest BCUT2D eigenvalue weighted by Gasteiger charge is -2.33. The smallest absolute Gasteiger partial charge is 0.251 e. The molecule has 0 saturated carbocycles. The molecule has 1 aromatic heterocycles. The Hall–Kier alpha value is -1.40. The minimum Gasteiger partial charge on any atom is -0.364 e. The molecule has 0 N–H and O–H groups in total. The fourth-order valence-corrected chi connectivity index (χ4v) is 3.54. The van der Waals surface area contributed by atoms with E-state index in [-0.39, 0.29) is 18.1 Å². The van der Waals surface area contributed by atoms with Crippen LogP contribution in [0.5, 0.6) is 0 Å². The molecule has 6 heteroatoms. The van der Waals surface area contributed by atoms with Crippen molar-refractivity contribution in [3.05, 3.63) is 17.0 Å². The first-order valence-electron chi connectivity index (χ1n) is 7.96. The van der Waals surface area contributed by atoms with Crippen molar-refractivity contribution in [2.24, 2.45) is 5.92 Å². The van der Waals surface area contributed by atoms with E-state index in [1.54, 1.807) is 19.0 Å². The number of amides is 1. The van der Waals surface area contributed by atoms with Crippen LogP contribution in [0.3, 0.4) is 0 Å². The molecular formula is C16H25N3O3. The summed E-state index contributed by atoms with van der Waals surface area (Å²) >= 11 is 0. The first-order chi connectivity index (χ1) is 10.5. The summed E-state index contributed by atoms with van der Waals surface area (Å²) in [5, 5.41) is 4.02. The van der Waals surface area contributed by atoms with Crippen LogP contribution >= 0.6 is 0 Å². The number of hydrogen-bond donors (Lipinski definition) is 0. The first-order valence-corrected chi connectivity index (χ1v) is 7.96.